The number of carbonyl (C=O) groups excluding carboxylic acids is 2. The monoisotopic (exact) mass is 412 g/mol. The van der Waals surface area contributed by atoms with Crippen molar-refractivity contribution >= 4 is 34.1 Å². The molecule has 152 valence electrons. The Morgan fingerprint density at radius 1 is 1.31 bits per heavy atom. The number of piperidine rings is 1. The fraction of sp³-hybridized carbons (Fsp3) is 0.381. The summed E-state index contributed by atoms with van der Waals surface area (Å²) in [7, 11) is 1.63. The Morgan fingerprint density at radius 2 is 2.10 bits per heavy atom. The lowest BCUT2D eigenvalue weighted by Gasteiger charge is -2.35. The van der Waals surface area contributed by atoms with E-state index in [-0.39, 0.29) is 23.8 Å². The number of nitrogens with zero attached hydrogens (tertiary/aromatic N) is 2. The normalized spacial score (nSPS) is 16.0. The van der Waals surface area contributed by atoms with E-state index in [4.69, 9.17) is 4.74 Å². The Morgan fingerprint density at radius 3 is 2.76 bits per heavy atom. The Bertz CT molecular complexity index is 1010. The van der Waals surface area contributed by atoms with Crippen LogP contribution in [0.5, 0.6) is 5.75 Å². The van der Waals surface area contributed by atoms with Gasteiger partial charge in [0.15, 0.2) is 0 Å². The molecule has 0 radical (unpaired) electrons. The minimum absolute atomic E-state index is 0.00365. The van der Waals surface area contributed by atoms with E-state index in [1.54, 1.807) is 24.6 Å². The van der Waals surface area contributed by atoms with Gasteiger partial charge in [0.25, 0.3) is 5.91 Å². The SMILES string of the molecule is COc1ccc2cc(C(=O)N3CCC(C(NC(C)=O)c4nccs4)CC3)[nH]c2c1. The van der Waals surface area contributed by atoms with Gasteiger partial charge in [-0.05, 0) is 37.0 Å². The zero-order chi connectivity index (χ0) is 20.4. The molecule has 1 aromatic carbocycles. The molecule has 29 heavy (non-hydrogen) atoms. The van der Waals surface area contributed by atoms with Crippen molar-refractivity contribution in [1.29, 1.82) is 0 Å². The van der Waals surface area contributed by atoms with Crippen molar-refractivity contribution in [1.82, 2.24) is 20.2 Å². The Kier molecular flexibility index (Phi) is 5.53. The molecule has 2 N–H and O–H groups in total. The van der Waals surface area contributed by atoms with Gasteiger partial charge >= 0.3 is 0 Å². The molecular weight excluding hydrogens is 388 g/mol. The van der Waals surface area contributed by atoms with Gasteiger partial charge in [0.2, 0.25) is 5.91 Å². The number of H-pyrrole nitrogens is 1. The Labute approximate surface area is 173 Å². The molecule has 1 unspecified atom stereocenters. The second-order valence-electron chi connectivity index (χ2n) is 7.31. The number of ether oxygens (including phenoxy) is 1. The van der Waals surface area contributed by atoms with Gasteiger partial charge in [-0.3, -0.25) is 9.59 Å². The standard InChI is InChI=1S/C21H24N4O3S/c1-13(26)23-19(20-22-7-10-29-20)14-5-8-25(9-6-14)21(27)18-11-15-3-4-16(28-2)12-17(15)24-18/h3-4,7,10-12,14,19,24H,5-6,8-9H2,1-2H3,(H,23,26). The van der Waals surface area contributed by atoms with Crippen LogP contribution < -0.4 is 10.1 Å². The molecule has 3 aromatic rings. The predicted molar refractivity (Wildman–Crippen MR) is 112 cm³/mol. The highest BCUT2D eigenvalue weighted by Gasteiger charge is 2.32. The van der Waals surface area contributed by atoms with Crippen molar-refractivity contribution in [2.45, 2.75) is 25.8 Å². The summed E-state index contributed by atoms with van der Waals surface area (Å²) in [4.78, 5) is 34.1. The first-order valence-corrected chi connectivity index (χ1v) is 10.6. The second kappa shape index (κ2) is 8.24. The number of carbonyl (C=O) groups is 2. The van der Waals surface area contributed by atoms with E-state index in [1.807, 2.05) is 34.5 Å². The fourth-order valence-electron chi connectivity index (χ4n) is 3.94. The van der Waals surface area contributed by atoms with E-state index in [0.717, 1.165) is 34.5 Å². The number of thiazole rings is 1. The van der Waals surface area contributed by atoms with Crippen molar-refractivity contribution in [3.63, 3.8) is 0 Å². The Balaban J connectivity index is 1.44. The van der Waals surface area contributed by atoms with E-state index in [2.05, 4.69) is 15.3 Å². The van der Waals surface area contributed by atoms with E-state index < -0.39 is 0 Å². The summed E-state index contributed by atoms with van der Waals surface area (Å²) < 4.78 is 5.25. The Hall–Kier alpha value is -2.87. The lowest BCUT2D eigenvalue weighted by Crippen LogP contribution is -2.42. The van der Waals surface area contributed by atoms with Gasteiger partial charge in [-0.1, -0.05) is 0 Å². The van der Waals surface area contributed by atoms with Crippen LogP contribution in [0.2, 0.25) is 0 Å². The average Bonchev–Trinajstić information content (AvgIpc) is 3.40. The predicted octanol–water partition coefficient (Wildman–Crippen LogP) is 3.36. The maximum atomic E-state index is 13.0. The number of likely N-dealkylation sites (tertiary alicyclic amines) is 1. The third kappa shape index (κ3) is 4.12. The number of nitrogens with one attached hydrogen (secondary N) is 2. The van der Waals surface area contributed by atoms with Gasteiger partial charge in [0, 0.05) is 48.6 Å². The molecule has 3 heterocycles. The van der Waals surface area contributed by atoms with E-state index in [9.17, 15) is 9.59 Å². The van der Waals surface area contributed by atoms with E-state index in [0.29, 0.717) is 18.8 Å². The van der Waals surface area contributed by atoms with Gasteiger partial charge < -0.3 is 19.9 Å². The first-order chi connectivity index (χ1) is 14.0. The van der Waals surface area contributed by atoms with Gasteiger partial charge in [-0.25, -0.2) is 4.98 Å². The van der Waals surface area contributed by atoms with E-state index in [1.165, 1.54) is 6.92 Å². The highest BCUT2D eigenvalue weighted by atomic mass is 32.1. The lowest BCUT2D eigenvalue weighted by molar-refractivity contribution is -0.120. The molecule has 4 rings (SSSR count). The van der Waals surface area contributed by atoms with Crippen molar-refractivity contribution in [3.8, 4) is 5.75 Å². The summed E-state index contributed by atoms with van der Waals surface area (Å²) in [6.45, 7) is 2.84. The summed E-state index contributed by atoms with van der Waals surface area (Å²) in [5, 5.41) is 6.88. The molecule has 1 atom stereocenters. The molecule has 8 heteroatoms. The number of fused-ring (bicyclic) bond motifs is 1. The van der Waals surface area contributed by atoms with Crippen LogP contribution in [-0.4, -0.2) is 46.9 Å². The van der Waals surface area contributed by atoms with E-state index >= 15 is 0 Å². The molecule has 1 saturated heterocycles. The van der Waals surface area contributed by atoms with Gasteiger partial charge in [0.05, 0.1) is 13.2 Å². The summed E-state index contributed by atoms with van der Waals surface area (Å²) in [5.41, 5.74) is 1.47. The van der Waals surface area contributed by atoms with Crippen LogP contribution >= 0.6 is 11.3 Å². The van der Waals surface area contributed by atoms with Crippen molar-refractivity contribution in [2.24, 2.45) is 5.92 Å². The minimum Gasteiger partial charge on any atom is -0.497 e. The summed E-state index contributed by atoms with van der Waals surface area (Å²) in [6.07, 6.45) is 3.41. The third-order valence-electron chi connectivity index (χ3n) is 5.43. The van der Waals surface area contributed by atoms with Crippen molar-refractivity contribution in [2.75, 3.05) is 20.2 Å². The van der Waals surface area contributed by atoms with Crippen LogP contribution in [0.15, 0.2) is 35.8 Å². The molecular formula is C21H24N4O3S. The van der Waals surface area contributed by atoms with Crippen molar-refractivity contribution in [3.05, 3.63) is 46.5 Å². The molecule has 0 spiro atoms. The van der Waals surface area contributed by atoms with Crippen LogP contribution in [0.3, 0.4) is 0 Å². The molecule has 1 aliphatic rings. The van der Waals surface area contributed by atoms with Crippen LogP contribution in [0.4, 0.5) is 0 Å². The van der Waals surface area contributed by atoms with Gasteiger partial charge in [-0.2, -0.15) is 0 Å². The molecule has 2 amide bonds. The largest absolute Gasteiger partial charge is 0.497 e. The molecule has 0 saturated carbocycles. The lowest BCUT2D eigenvalue weighted by atomic mass is 9.89. The number of benzene rings is 1. The van der Waals surface area contributed by atoms with Crippen LogP contribution in [0.1, 0.15) is 41.3 Å². The fourth-order valence-corrected chi connectivity index (χ4v) is 4.72. The van der Waals surface area contributed by atoms with Crippen LogP contribution in [0, 0.1) is 5.92 Å². The number of aromatic amines is 1. The molecule has 0 aliphatic carbocycles. The number of aromatic nitrogens is 2. The highest BCUT2D eigenvalue weighted by Crippen LogP contribution is 2.32. The molecule has 2 aromatic heterocycles. The number of amides is 2. The molecule has 0 bridgehead atoms. The molecule has 7 nitrogen and oxygen atoms in total. The average molecular weight is 413 g/mol. The zero-order valence-corrected chi connectivity index (χ0v) is 17.3. The quantitative estimate of drug-likeness (QED) is 0.673. The summed E-state index contributed by atoms with van der Waals surface area (Å²) in [6, 6.07) is 7.52. The maximum absolute atomic E-state index is 13.0. The van der Waals surface area contributed by atoms with Gasteiger partial charge in [0.1, 0.15) is 16.5 Å². The molecule has 1 fully saturated rings. The topological polar surface area (TPSA) is 87.3 Å². The first-order valence-electron chi connectivity index (χ1n) is 9.67. The summed E-state index contributed by atoms with van der Waals surface area (Å²) >= 11 is 1.55. The minimum atomic E-state index is -0.0923. The van der Waals surface area contributed by atoms with Gasteiger partial charge in [-0.15, -0.1) is 11.3 Å². The number of methoxy groups -OCH3 is 1. The highest BCUT2D eigenvalue weighted by molar-refractivity contribution is 7.09. The van der Waals surface area contributed by atoms with Crippen molar-refractivity contribution < 1.29 is 14.3 Å². The number of hydrogen-bond acceptors (Lipinski definition) is 5. The van der Waals surface area contributed by atoms with Crippen LogP contribution in [-0.2, 0) is 4.79 Å². The number of rotatable bonds is 5. The zero-order valence-electron chi connectivity index (χ0n) is 16.5. The summed E-state index contributed by atoms with van der Waals surface area (Å²) in [5.74, 6) is 0.965. The smallest absolute Gasteiger partial charge is 0.270 e. The first kappa shape index (κ1) is 19.4. The molecule has 1 aliphatic heterocycles. The third-order valence-corrected chi connectivity index (χ3v) is 6.29. The second-order valence-corrected chi connectivity index (χ2v) is 8.24. The number of hydrogen-bond donors (Lipinski definition) is 2. The maximum Gasteiger partial charge on any atom is 0.270 e. The van der Waals surface area contributed by atoms with Crippen LogP contribution in [0.25, 0.3) is 10.9 Å².